The van der Waals surface area contributed by atoms with E-state index in [9.17, 15) is 0 Å². The Bertz CT molecular complexity index is 1550. The summed E-state index contributed by atoms with van der Waals surface area (Å²) >= 11 is 3.83. The second-order valence-electron chi connectivity index (χ2n) is 8.25. The van der Waals surface area contributed by atoms with Crippen LogP contribution in [0.4, 0.5) is 0 Å². The van der Waals surface area contributed by atoms with Crippen LogP contribution in [-0.4, -0.2) is 4.98 Å². The first-order chi connectivity index (χ1) is 15.2. The second-order valence-corrected chi connectivity index (χ2v) is 10.6. The minimum absolute atomic E-state index is 0.441. The van der Waals surface area contributed by atoms with Gasteiger partial charge in [0.2, 0.25) is 0 Å². The molecule has 0 aliphatic rings. The molecule has 0 aliphatic carbocycles. The Balaban J connectivity index is 1.60. The van der Waals surface area contributed by atoms with E-state index in [4.69, 9.17) is 4.98 Å². The zero-order valence-corrected chi connectivity index (χ0v) is 19.1. The third kappa shape index (κ3) is 3.08. The summed E-state index contributed by atoms with van der Waals surface area (Å²) in [7, 11) is 0. The first-order valence-electron chi connectivity index (χ1n) is 10.6. The first kappa shape index (κ1) is 18.7. The van der Waals surface area contributed by atoms with E-state index in [1.54, 1.807) is 0 Å². The topological polar surface area (TPSA) is 12.9 Å². The Labute approximate surface area is 189 Å². The lowest BCUT2D eigenvalue weighted by Crippen LogP contribution is -1.92. The number of hydrogen-bond acceptors (Lipinski definition) is 3. The predicted octanol–water partition coefficient (Wildman–Crippen LogP) is 9.12. The molecule has 0 unspecified atom stereocenters. The van der Waals surface area contributed by atoms with Crippen molar-refractivity contribution in [1.82, 2.24) is 4.98 Å². The molecular formula is C28H21NS2. The molecule has 3 heterocycles. The van der Waals surface area contributed by atoms with Crippen molar-refractivity contribution in [3.63, 3.8) is 0 Å². The van der Waals surface area contributed by atoms with E-state index in [2.05, 4.69) is 92.7 Å². The molecule has 6 rings (SSSR count). The third-order valence-corrected chi connectivity index (χ3v) is 8.33. The van der Waals surface area contributed by atoms with E-state index < -0.39 is 0 Å². The monoisotopic (exact) mass is 435 g/mol. The zero-order valence-electron chi connectivity index (χ0n) is 17.4. The summed E-state index contributed by atoms with van der Waals surface area (Å²) in [6, 6.07) is 28.3. The smallest absolute Gasteiger partial charge is 0.0890 e. The zero-order chi connectivity index (χ0) is 20.9. The summed E-state index contributed by atoms with van der Waals surface area (Å²) in [5.74, 6) is 0.441. The maximum Gasteiger partial charge on any atom is 0.0890 e. The molecule has 31 heavy (non-hydrogen) atoms. The molecule has 0 radical (unpaired) electrons. The average Bonchev–Trinajstić information content (AvgIpc) is 3.34. The number of aromatic nitrogens is 1. The number of benzene rings is 3. The van der Waals surface area contributed by atoms with Gasteiger partial charge in [-0.1, -0.05) is 62.4 Å². The lowest BCUT2D eigenvalue weighted by molar-refractivity contribution is 0.877. The normalized spacial score (nSPS) is 11.8. The lowest BCUT2D eigenvalue weighted by atomic mass is 9.93. The number of nitrogens with zero attached hydrogens (tertiary/aromatic N) is 1. The molecule has 1 nitrogen and oxygen atoms in total. The van der Waals surface area contributed by atoms with Crippen molar-refractivity contribution in [3.05, 3.63) is 90.6 Å². The highest BCUT2D eigenvalue weighted by atomic mass is 32.2. The first-order valence-corrected chi connectivity index (χ1v) is 12.2. The molecule has 0 amide bonds. The molecule has 150 valence electrons. The molecule has 0 fully saturated rings. The highest BCUT2D eigenvalue weighted by molar-refractivity contribution is 7.44. The van der Waals surface area contributed by atoms with Gasteiger partial charge in [0.25, 0.3) is 0 Å². The van der Waals surface area contributed by atoms with Gasteiger partial charge in [-0.05, 0) is 52.9 Å². The van der Waals surface area contributed by atoms with Gasteiger partial charge in [-0.2, -0.15) is 0 Å². The Morgan fingerprint density at radius 1 is 0.677 bits per heavy atom. The van der Waals surface area contributed by atoms with Crippen LogP contribution in [0.25, 0.3) is 52.0 Å². The Morgan fingerprint density at radius 3 is 2.29 bits per heavy atom. The van der Waals surface area contributed by atoms with Gasteiger partial charge in [0.15, 0.2) is 0 Å². The number of thiophene rings is 2. The van der Waals surface area contributed by atoms with Crippen molar-refractivity contribution in [2.75, 3.05) is 0 Å². The van der Waals surface area contributed by atoms with Crippen molar-refractivity contribution in [1.29, 1.82) is 0 Å². The minimum atomic E-state index is 0.441. The third-order valence-electron chi connectivity index (χ3n) is 5.93. The van der Waals surface area contributed by atoms with Crippen molar-refractivity contribution in [2.24, 2.45) is 0 Å². The van der Waals surface area contributed by atoms with Crippen LogP contribution in [0.15, 0.2) is 85.1 Å². The maximum atomic E-state index is 4.74. The summed E-state index contributed by atoms with van der Waals surface area (Å²) in [5, 5.41) is 4.24. The van der Waals surface area contributed by atoms with Crippen molar-refractivity contribution in [2.45, 2.75) is 19.8 Å². The molecule has 6 aromatic rings. The molecule has 0 atom stereocenters. The van der Waals surface area contributed by atoms with Crippen LogP contribution < -0.4 is 0 Å². The van der Waals surface area contributed by atoms with Crippen molar-refractivity contribution >= 4 is 52.2 Å². The standard InChI is InChI=1S/C28H21NS2/c1-17(2)22-14-20(23-15-19(12-13-29-23)18-8-4-3-5-9-18)16-25-26(22)27-21-10-6-7-11-24(21)30-28(27)31-25/h3-17H,1-2H3. The van der Waals surface area contributed by atoms with E-state index in [1.807, 2.05) is 28.9 Å². The maximum absolute atomic E-state index is 4.74. The molecule has 0 N–H and O–H groups in total. The quantitative estimate of drug-likeness (QED) is 0.270. The molecule has 0 spiro atoms. The van der Waals surface area contributed by atoms with E-state index in [0.717, 1.165) is 5.69 Å². The van der Waals surface area contributed by atoms with Crippen molar-refractivity contribution in [3.8, 4) is 22.4 Å². The molecular weight excluding hydrogens is 414 g/mol. The molecule has 0 saturated heterocycles. The predicted molar refractivity (Wildman–Crippen MR) is 137 cm³/mol. The summed E-state index contributed by atoms with van der Waals surface area (Å²) in [4.78, 5) is 4.74. The van der Waals surface area contributed by atoms with Crippen LogP contribution >= 0.6 is 22.7 Å². The molecule has 0 bridgehead atoms. The second kappa shape index (κ2) is 7.30. The van der Waals surface area contributed by atoms with E-state index >= 15 is 0 Å². The van der Waals surface area contributed by atoms with Gasteiger partial charge in [-0.3, -0.25) is 4.98 Å². The molecule has 3 heteroatoms. The number of fused-ring (bicyclic) bond motifs is 5. The molecule has 0 saturated carbocycles. The Hall–Kier alpha value is -3.01. The minimum Gasteiger partial charge on any atom is -0.256 e. The van der Waals surface area contributed by atoms with Crippen LogP contribution in [0, 0.1) is 0 Å². The van der Waals surface area contributed by atoms with E-state index in [-0.39, 0.29) is 0 Å². The number of rotatable bonds is 3. The van der Waals surface area contributed by atoms with Gasteiger partial charge in [0.1, 0.15) is 0 Å². The summed E-state index contributed by atoms with van der Waals surface area (Å²) in [5.41, 5.74) is 6.07. The van der Waals surface area contributed by atoms with Crippen LogP contribution in [-0.2, 0) is 0 Å². The Morgan fingerprint density at radius 2 is 1.45 bits per heavy atom. The van der Waals surface area contributed by atoms with Crippen LogP contribution in [0.2, 0.25) is 0 Å². The highest BCUT2D eigenvalue weighted by Crippen LogP contribution is 2.47. The molecule has 3 aromatic heterocycles. The fourth-order valence-corrected chi connectivity index (χ4v) is 7.09. The average molecular weight is 436 g/mol. The van der Waals surface area contributed by atoms with Gasteiger partial charge in [-0.25, -0.2) is 0 Å². The van der Waals surface area contributed by atoms with Gasteiger partial charge in [0.05, 0.1) is 9.71 Å². The Kier molecular flexibility index (Phi) is 4.41. The SMILES string of the molecule is CC(C)c1cc(-c2cc(-c3ccccc3)ccn2)cc2sc3sc4ccccc4c3c12. The van der Waals surface area contributed by atoms with E-state index in [1.165, 1.54) is 51.8 Å². The summed E-state index contributed by atoms with van der Waals surface area (Å²) in [6.07, 6.45) is 1.93. The van der Waals surface area contributed by atoms with Gasteiger partial charge >= 0.3 is 0 Å². The number of hydrogen-bond donors (Lipinski definition) is 0. The summed E-state index contributed by atoms with van der Waals surface area (Å²) < 4.78 is 4.16. The lowest BCUT2D eigenvalue weighted by Gasteiger charge is -2.12. The van der Waals surface area contributed by atoms with Gasteiger partial charge in [0, 0.05) is 37.3 Å². The van der Waals surface area contributed by atoms with Crippen LogP contribution in [0.3, 0.4) is 0 Å². The van der Waals surface area contributed by atoms with Crippen LogP contribution in [0.1, 0.15) is 25.3 Å². The fraction of sp³-hybridized carbons (Fsp3) is 0.107. The molecule has 0 aliphatic heterocycles. The summed E-state index contributed by atoms with van der Waals surface area (Å²) in [6.45, 7) is 4.59. The van der Waals surface area contributed by atoms with Crippen molar-refractivity contribution < 1.29 is 0 Å². The van der Waals surface area contributed by atoms with Gasteiger partial charge < -0.3 is 0 Å². The highest BCUT2D eigenvalue weighted by Gasteiger charge is 2.18. The number of pyridine rings is 1. The largest absolute Gasteiger partial charge is 0.256 e. The van der Waals surface area contributed by atoms with Crippen LogP contribution in [0.5, 0.6) is 0 Å². The van der Waals surface area contributed by atoms with E-state index in [0.29, 0.717) is 5.92 Å². The fourth-order valence-electron chi connectivity index (χ4n) is 4.42. The van der Waals surface area contributed by atoms with Gasteiger partial charge in [-0.15, -0.1) is 22.7 Å². The molecule has 3 aromatic carbocycles.